The van der Waals surface area contributed by atoms with E-state index in [1.54, 1.807) is 31.4 Å². The molecule has 2 aromatic rings. The van der Waals surface area contributed by atoms with Gasteiger partial charge < -0.3 is 14.2 Å². The van der Waals surface area contributed by atoms with Gasteiger partial charge in [-0.3, -0.25) is 4.79 Å². The van der Waals surface area contributed by atoms with Crippen molar-refractivity contribution < 1.29 is 19.0 Å². The van der Waals surface area contributed by atoms with E-state index in [0.717, 1.165) is 18.4 Å². The Morgan fingerprint density at radius 3 is 2.57 bits per heavy atom. The Balaban J connectivity index is 1.82. The lowest BCUT2D eigenvalue weighted by molar-refractivity contribution is -0.123. The minimum absolute atomic E-state index is 0.229. The van der Waals surface area contributed by atoms with Crippen LogP contribution in [0.25, 0.3) is 0 Å². The number of rotatable bonds is 12. The molecule has 0 heterocycles. The van der Waals surface area contributed by atoms with Crippen molar-refractivity contribution in [3.05, 3.63) is 52.0 Å². The third-order valence-corrected chi connectivity index (χ3v) is 4.63. The normalized spacial score (nSPS) is 10.8. The van der Waals surface area contributed by atoms with Crippen LogP contribution in [0, 0.1) is 0 Å². The van der Waals surface area contributed by atoms with E-state index in [0.29, 0.717) is 33.9 Å². The van der Waals surface area contributed by atoms with Crippen molar-refractivity contribution >= 4 is 35.3 Å². The molecule has 0 spiro atoms. The minimum atomic E-state index is -0.420. The van der Waals surface area contributed by atoms with E-state index in [1.807, 2.05) is 12.1 Å². The summed E-state index contributed by atoms with van der Waals surface area (Å²) in [6, 6.07) is 10.2. The molecule has 0 aliphatic rings. The minimum Gasteiger partial charge on any atom is -0.493 e. The smallest absolute Gasteiger partial charge is 0.277 e. The molecule has 0 unspecified atom stereocenters. The number of methoxy groups -OCH3 is 1. The molecule has 2 aromatic carbocycles. The quantitative estimate of drug-likeness (QED) is 0.262. The Labute approximate surface area is 187 Å². The number of hydrogen-bond acceptors (Lipinski definition) is 5. The van der Waals surface area contributed by atoms with Gasteiger partial charge in [0.2, 0.25) is 0 Å². The Morgan fingerprint density at radius 2 is 1.83 bits per heavy atom. The highest BCUT2D eigenvalue weighted by molar-refractivity contribution is 6.35. The molecule has 0 atom stereocenters. The molecule has 0 radical (unpaired) electrons. The number of halogens is 2. The van der Waals surface area contributed by atoms with Gasteiger partial charge in [0.15, 0.2) is 18.1 Å². The van der Waals surface area contributed by atoms with Crippen molar-refractivity contribution in [3.63, 3.8) is 0 Å². The zero-order valence-electron chi connectivity index (χ0n) is 17.1. The molecule has 0 saturated carbocycles. The van der Waals surface area contributed by atoms with Crippen LogP contribution in [0.15, 0.2) is 41.5 Å². The molecule has 2 rings (SSSR count). The third kappa shape index (κ3) is 8.13. The van der Waals surface area contributed by atoms with Crippen LogP contribution in [0.5, 0.6) is 17.2 Å². The summed E-state index contributed by atoms with van der Waals surface area (Å²) in [4.78, 5) is 11.9. The maximum Gasteiger partial charge on any atom is 0.277 e. The second-order valence-electron chi connectivity index (χ2n) is 6.48. The van der Waals surface area contributed by atoms with Crippen LogP contribution < -0.4 is 19.6 Å². The van der Waals surface area contributed by atoms with E-state index in [1.165, 1.54) is 19.1 Å². The topological polar surface area (TPSA) is 69.2 Å². The number of hydrazone groups is 1. The first-order chi connectivity index (χ1) is 14.5. The van der Waals surface area contributed by atoms with Gasteiger partial charge in [-0.2, -0.15) is 5.10 Å². The average molecular weight is 453 g/mol. The summed E-state index contributed by atoms with van der Waals surface area (Å²) in [6.45, 7) is 2.60. The third-order valence-electron chi connectivity index (χ3n) is 4.10. The van der Waals surface area contributed by atoms with E-state index < -0.39 is 5.91 Å². The highest BCUT2D eigenvalue weighted by Gasteiger charge is 2.07. The molecule has 1 amide bonds. The number of benzene rings is 2. The van der Waals surface area contributed by atoms with E-state index in [-0.39, 0.29) is 6.61 Å². The number of carbonyl (C=O) groups is 1. The highest BCUT2D eigenvalue weighted by Crippen LogP contribution is 2.28. The Kier molecular flexibility index (Phi) is 10.3. The Morgan fingerprint density at radius 1 is 1.03 bits per heavy atom. The summed E-state index contributed by atoms with van der Waals surface area (Å²) in [7, 11) is 1.58. The van der Waals surface area contributed by atoms with E-state index >= 15 is 0 Å². The van der Waals surface area contributed by atoms with E-state index in [4.69, 9.17) is 37.4 Å². The van der Waals surface area contributed by atoms with Crippen molar-refractivity contribution in [2.75, 3.05) is 20.3 Å². The van der Waals surface area contributed by atoms with Gasteiger partial charge >= 0.3 is 0 Å². The first-order valence-electron chi connectivity index (χ1n) is 9.74. The van der Waals surface area contributed by atoms with Gasteiger partial charge in [-0.25, -0.2) is 5.43 Å². The van der Waals surface area contributed by atoms with Gasteiger partial charge in [-0.1, -0.05) is 49.4 Å². The van der Waals surface area contributed by atoms with Crippen LogP contribution in [0.1, 0.15) is 38.2 Å². The molecule has 0 aromatic heterocycles. The first-order valence-corrected chi connectivity index (χ1v) is 10.5. The molecular weight excluding hydrogens is 427 g/mol. The van der Waals surface area contributed by atoms with Crippen LogP contribution in [0.2, 0.25) is 10.0 Å². The van der Waals surface area contributed by atoms with Gasteiger partial charge in [0.05, 0.1) is 25.0 Å². The SMILES string of the molecule is CCCCCCOc1ccc(C=NNC(=O)COc2ccc(Cl)cc2Cl)cc1OC. The van der Waals surface area contributed by atoms with Crippen molar-refractivity contribution in [1.29, 1.82) is 0 Å². The van der Waals surface area contributed by atoms with Crippen LogP contribution in [0.4, 0.5) is 0 Å². The first kappa shape index (κ1) is 23.8. The van der Waals surface area contributed by atoms with Crippen molar-refractivity contribution in [3.8, 4) is 17.2 Å². The zero-order chi connectivity index (χ0) is 21.8. The van der Waals surface area contributed by atoms with Gasteiger partial charge in [-0.05, 0) is 48.4 Å². The zero-order valence-corrected chi connectivity index (χ0v) is 18.6. The lowest BCUT2D eigenvalue weighted by Gasteiger charge is -2.11. The second kappa shape index (κ2) is 13.0. The number of ether oxygens (including phenoxy) is 3. The second-order valence-corrected chi connectivity index (χ2v) is 7.32. The number of amides is 1. The maximum absolute atomic E-state index is 11.9. The van der Waals surface area contributed by atoms with Gasteiger partial charge in [0.1, 0.15) is 5.75 Å². The monoisotopic (exact) mass is 452 g/mol. The number of hydrogen-bond donors (Lipinski definition) is 1. The molecule has 162 valence electrons. The Bertz CT molecular complexity index is 859. The Hall–Kier alpha value is -2.44. The highest BCUT2D eigenvalue weighted by atomic mass is 35.5. The fourth-order valence-electron chi connectivity index (χ4n) is 2.54. The summed E-state index contributed by atoms with van der Waals surface area (Å²) in [6.07, 6.45) is 6.07. The fraction of sp³-hybridized carbons (Fsp3) is 0.364. The number of nitrogens with zero attached hydrogens (tertiary/aromatic N) is 1. The average Bonchev–Trinajstić information content (AvgIpc) is 2.73. The summed E-state index contributed by atoms with van der Waals surface area (Å²) in [5, 5.41) is 4.76. The van der Waals surface area contributed by atoms with Crippen LogP contribution in [0.3, 0.4) is 0 Å². The summed E-state index contributed by atoms with van der Waals surface area (Å²) in [5.74, 6) is 1.25. The summed E-state index contributed by atoms with van der Waals surface area (Å²) < 4.78 is 16.5. The van der Waals surface area contributed by atoms with Crippen LogP contribution in [-0.4, -0.2) is 32.4 Å². The van der Waals surface area contributed by atoms with Crippen LogP contribution in [-0.2, 0) is 4.79 Å². The summed E-state index contributed by atoms with van der Waals surface area (Å²) >= 11 is 11.8. The largest absolute Gasteiger partial charge is 0.493 e. The molecule has 1 N–H and O–H groups in total. The number of nitrogens with one attached hydrogen (secondary N) is 1. The standard InChI is InChI=1S/C22H26Cl2N2O4/c1-3-4-5-6-11-29-20-9-7-16(12-21(20)28-2)14-25-26-22(27)15-30-19-10-8-17(23)13-18(19)24/h7-10,12-14H,3-6,11,15H2,1-2H3,(H,26,27). The number of carbonyl (C=O) groups excluding carboxylic acids is 1. The van der Waals surface area contributed by atoms with E-state index in [2.05, 4.69) is 17.5 Å². The molecule has 8 heteroatoms. The molecule has 0 fully saturated rings. The molecule has 0 aliphatic heterocycles. The van der Waals surface area contributed by atoms with Gasteiger partial charge in [0.25, 0.3) is 5.91 Å². The van der Waals surface area contributed by atoms with Gasteiger partial charge in [0, 0.05) is 5.02 Å². The van der Waals surface area contributed by atoms with Crippen LogP contribution >= 0.6 is 23.2 Å². The predicted molar refractivity (Wildman–Crippen MR) is 120 cm³/mol. The lowest BCUT2D eigenvalue weighted by Crippen LogP contribution is -2.24. The van der Waals surface area contributed by atoms with E-state index in [9.17, 15) is 4.79 Å². The maximum atomic E-state index is 11.9. The molecule has 30 heavy (non-hydrogen) atoms. The molecule has 0 aliphatic carbocycles. The molecule has 0 saturated heterocycles. The number of unbranched alkanes of at least 4 members (excludes halogenated alkanes) is 3. The van der Waals surface area contributed by atoms with Crippen molar-refractivity contribution in [2.45, 2.75) is 32.6 Å². The van der Waals surface area contributed by atoms with Crippen molar-refractivity contribution in [2.24, 2.45) is 5.10 Å². The lowest BCUT2D eigenvalue weighted by atomic mass is 10.2. The molecule has 0 bridgehead atoms. The molecular formula is C22H26Cl2N2O4. The van der Waals surface area contributed by atoms with Crippen molar-refractivity contribution in [1.82, 2.24) is 5.43 Å². The predicted octanol–water partition coefficient (Wildman–Crippen LogP) is 5.49. The fourth-order valence-corrected chi connectivity index (χ4v) is 3.00. The van der Waals surface area contributed by atoms with Gasteiger partial charge in [-0.15, -0.1) is 0 Å². The molecule has 6 nitrogen and oxygen atoms in total. The summed E-state index contributed by atoms with van der Waals surface area (Å²) in [5.41, 5.74) is 3.16.